The first kappa shape index (κ1) is 17.1. The smallest absolute Gasteiger partial charge is 0.248 e. The van der Waals surface area contributed by atoms with Gasteiger partial charge in [0.2, 0.25) is 23.6 Å². The molecule has 1 unspecified atom stereocenters. The highest BCUT2D eigenvalue weighted by Gasteiger charge is 2.54. The Balaban J connectivity index is 1.71. The SMILES string of the molecule is CC(C(=O)Nc1ccc(C(N)=O)cc1)N1C(=O)CC2(CCCC2)C1=O. The van der Waals surface area contributed by atoms with E-state index < -0.39 is 23.3 Å². The van der Waals surface area contributed by atoms with Crippen molar-refractivity contribution in [3.63, 3.8) is 0 Å². The lowest BCUT2D eigenvalue weighted by Crippen LogP contribution is -2.46. The number of hydrogen-bond acceptors (Lipinski definition) is 4. The van der Waals surface area contributed by atoms with Crippen LogP contribution in [0.4, 0.5) is 5.69 Å². The first-order valence-electron chi connectivity index (χ1n) is 8.41. The Labute approximate surface area is 145 Å². The summed E-state index contributed by atoms with van der Waals surface area (Å²) in [5, 5.41) is 2.67. The van der Waals surface area contributed by atoms with Crippen molar-refractivity contribution in [3.05, 3.63) is 29.8 Å². The van der Waals surface area contributed by atoms with E-state index in [1.165, 1.54) is 12.1 Å². The zero-order valence-corrected chi connectivity index (χ0v) is 14.1. The lowest BCUT2D eigenvalue weighted by molar-refractivity contribution is -0.147. The zero-order chi connectivity index (χ0) is 18.2. The van der Waals surface area contributed by atoms with Gasteiger partial charge < -0.3 is 11.1 Å². The largest absolute Gasteiger partial charge is 0.366 e. The maximum Gasteiger partial charge on any atom is 0.248 e. The number of anilines is 1. The minimum atomic E-state index is -0.879. The van der Waals surface area contributed by atoms with Crippen molar-refractivity contribution >= 4 is 29.3 Å². The molecule has 132 valence electrons. The third-order valence-electron chi connectivity index (χ3n) is 5.20. The molecule has 2 aliphatic rings. The average molecular weight is 343 g/mol. The lowest BCUT2D eigenvalue weighted by Gasteiger charge is -2.25. The van der Waals surface area contributed by atoms with Crippen LogP contribution in [0, 0.1) is 5.41 Å². The summed E-state index contributed by atoms with van der Waals surface area (Å²) in [4.78, 5) is 49.7. The summed E-state index contributed by atoms with van der Waals surface area (Å²) in [6.07, 6.45) is 3.53. The number of rotatable bonds is 4. The van der Waals surface area contributed by atoms with Gasteiger partial charge in [-0.2, -0.15) is 0 Å². The van der Waals surface area contributed by atoms with E-state index in [9.17, 15) is 19.2 Å². The van der Waals surface area contributed by atoms with Gasteiger partial charge in [-0.05, 0) is 44.0 Å². The maximum atomic E-state index is 12.7. The van der Waals surface area contributed by atoms with Crippen LogP contribution >= 0.6 is 0 Å². The number of nitrogens with zero attached hydrogens (tertiary/aromatic N) is 1. The van der Waals surface area contributed by atoms with E-state index in [4.69, 9.17) is 5.73 Å². The molecule has 0 radical (unpaired) electrons. The molecule has 1 atom stereocenters. The number of carbonyl (C=O) groups is 4. The van der Waals surface area contributed by atoms with Gasteiger partial charge in [-0.25, -0.2) is 0 Å². The first-order chi connectivity index (χ1) is 11.8. The summed E-state index contributed by atoms with van der Waals surface area (Å²) in [5.74, 6) is -1.50. The van der Waals surface area contributed by atoms with Gasteiger partial charge in [-0.3, -0.25) is 24.1 Å². The molecule has 1 aliphatic carbocycles. The zero-order valence-electron chi connectivity index (χ0n) is 14.1. The number of primary amides is 1. The van der Waals surface area contributed by atoms with Gasteiger partial charge in [-0.15, -0.1) is 0 Å². The van der Waals surface area contributed by atoms with Gasteiger partial charge in [0, 0.05) is 17.7 Å². The molecule has 7 heteroatoms. The van der Waals surface area contributed by atoms with E-state index in [0.717, 1.165) is 30.6 Å². The van der Waals surface area contributed by atoms with Crippen molar-refractivity contribution in [2.45, 2.75) is 45.1 Å². The number of hydrogen-bond donors (Lipinski definition) is 2. The van der Waals surface area contributed by atoms with E-state index >= 15 is 0 Å². The molecule has 1 aromatic carbocycles. The predicted molar refractivity (Wildman–Crippen MR) is 90.4 cm³/mol. The Morgan fingerprint density at radius 3 is 2.32 bits per heavy atom. The van der Waals surface area contributed by atoms with Crippen LogP contribution in [0.2, 0.25) is 0 Å². The number of carbonyl (C=O) groups excluding carboxylic acids is 4. The monoisotopic (exact) mass is 343 g/mol. The van der Waals surface area contributed by atoms with Gasteiger partial charge in [0.15, 0.2) is 0 Å². The normalized spacial score (nSPS) is 20.1. The Kier molecular flexibility index (Phi) is 4.32. The van der Waals surface area contributed by atoms with Crippen LogP contribution in [0.25, 0.3) is 0 Å². The number of nitrogens with two attached hydrogens (primary N) is 1. The van der Waals surface area contributed by atoms with Crippen molar-refractivity contribution in [3.8, 4) is 0 Å². The summed E-state index contributed by atoms with van der Waals surface area (Å²) >= 11 is 0. The van der Waals surface area contributed by atoms with E-state index in [1.807, 2.05) is 0 Å². The molecule has 0 aromatic heterocycles. The molecule has 1 aliphatic heterocycles. The molecule has 7 nitrogen and oxygen atoms in total. The minimum Gasteiger partial charge on any atom is -0.366 e. The molecular formula is C18H21N3O4. The molecule has 0 bridgehead atoms. The fourth-order valence-electron chi connectivity index (χ4n) is 3.74. The number of imide groups is 1. The highest BCUT2D eigenvalue weighted by atomic mass is 16.2. The van der Waals surface area contributed by atoms with Crippen LogP contribution in [-0.4, -0.2) is 34.6 Å². The average Bonchev–Trinajstić information content (AvgIpc) is 3.13. The van der Waals surface area contributed by atoms with Gasteiger partial charge in [0.25, 0.3) is 0 Å². The minimum absolute atomic E-state index is 0.205. The summed E-state index contributed by atoms with van der Waals surface area (Å²) in [5.41, 5.74) is 5.39. The van der Waals surface area contributed by atoms with Crippen molar-refractivity contribution in [2.24, 2.45) is 11.1 Å². The van der Waals surface area contributed by atoms with E-state index in [2.05, 4.69) is 5.32 Å². The summed E-state index contributed by atoms with van der Waals surface area (Å²) < 4.78 is 0. The van der Waals surface area contributed by atoms with Crippen LogP contribution in [0.1, 0.15) is 49.4 Å². The van der Waals surface area contributed by atoms with E-state index in [-0.39, 0.29) is 18.2 Å². The number of likely N-dealkylation sites (tertiary alicyclic amines) is 1. The topological polar surface area (TPSA) is 110 Å². The van der Waals surface area contributed by atoms with Gasteiger partial charge >= 0.3 is 0 Å². The van der Waals surface area contributed by atoms with E-state index in [0.29, 0.717) is 11.3 Å². The Morgan fingerprint density at radius 2 is 1.76 bits per heavy atom. The highest BCUT2D eigenvalue weighted by molar-refractivity contribution is 6.10. The van der Waals surface area contributed by atoms with Crippen molar-refractivity contribution in [1.82, 2.24) is 4.90 Å². The number of benzene rings is 1. The Bertz CT molecular complexity index is 735. The highest BCUT2D eigenvalue weighted by Crippen LogP contribution is 2.47. The third kappa shape index (κ3) is 3.01. The summed E-state index contributed by atoms with van der Waals surface area (Å²) in [6, 6.07) is 5.23. The van der Waals surface area contributed by atoms with Crippen LogP contribution in [0.5, 0.6) is 0 Å². The van der Waals surface area contributed by atoms with Crippen LogP contribution < -0.4 is 11.1 Å². The van der Waals surface area contributed by atoms with Crippen LogP contribution in [0.15, 0.2) is 24.3 Å². The van der Waals surface area contributed by atoms with Gasteiger partial charge in [-0.1, -0.05) is 12.8 Å². The van der Waals surface area contributed by atoms with Gasteiger partial charge in [0.05, 0.1) is 5.41 Å². The molecule has 3 rings (SSSR count). The second kappa shape index (κ2) is 6.31. The molecule has 1 aromatic rings. The fraction of sp³-hybridized carbons (Fsp3) is 0.444. The number of nitrogens with one attached hydrogen (secondary N) is 1. The van der Waals surface area contributed by atoms with Crippen molar-refractivity contribution < 1.29 is 19.2 Å². The second-order valence-electron chi connectivity index (χ2n) is 6.84. The molecule has 1 spiro atoms. The predicted octanol–water partition coefficient (Wildman–Crippen LogP) is 1.43. The standard InChI is InChI=1S/C18H21N3O4/c1-11(16(24)20-13-6-4-12(5-7-13)15(19)23)21-14(22)10-18(17(21)25)8-2-3-9-18/h4-7,11H,2-3,8-10H2,1H3,(H2,19,23)(H,20,24). The Morgan fingerprint density at radius 1 is 1.16 bits per heavy atom. The lowest BCUT2D eigenvalue weighted by atomic mass is 9.84. The molecule has 1 saturated heterocycles. The first-order valence-corrected chi connectivity index (χ1v) is 8.41. The fourth-order valence-corrected chi connectivity index (χ4v) is 3.74. The quantitative estimate of drug-likeness (QED) is 0.806. The summed E-state index contributed by atoms with van der Waals surface area (Å²) in [6.45, 7) is 1.55. The molecule has 1 saturated carbocycles. The second-order valence-corrected chi connectivity index (χ2v) is 6.84. The number of amides is 4. The van der Waals surface area contributed by atoms with E-state index in [1.54, 1.807) is 19.1 Å². The molecule has 25 heavy (non-hydrogen) atoms. The summed E-state index contributed by atoms with van der Waals surface area (Å²) in [7, 11) is 0. The van der Waals surface area contributed by atoms with Crippen molar-refractivity contribution in [2.75, 3.05) is 5.32 Å². The molecule has 2 fully saturated rings. The molecule has 4 amide bonds. The van der Waals surface area contributed by atoms with Crippen molar-refractivity contribution in [1.29, 1.82) is 0 Å². The van der Waals surface area contributed by atoms with Gasteiger partial charge in [0.1, 0.15) is 6.04 Å². The van der Waals surface area contributed by atoms with Crippen LogP contribution in [-0.2, 0) is 14.4 Å². The maximum absolute atomic E-state index is 12.7. The molecule has 1 heterocycles. The Hall–Kier alpha value is -2.70. The molecular weight excluding hydrogens is 322 g/mol. The van der Waals surface area contributed by atoms with Crippen LogP contribution in [0.3, 0.4) is 0 Å². The third-order valence-corrected chi connectivity index (χ3v) is 5.20. The molecule has 3 N–H and O–H groups in total.